The molecule has 0 unspecified atom stereocenters. The maximum absolute atomic E-state index is 13.2. The van der Waals surface area contributed by atoms with E-state index >= 15 is 0 Å². The Bertz CT molecular complexity index is 1050. The third kappa shape index (κ3) is 4.65. The number of carbonyl (C=O) groups is 2. The van der Waals surface area contributed by atoms with Crippen LogP contribution in [0.4, 0.5) is 5.69 Å². The molecule has 0 saturated heterocycles. The minimum Gasteiger partial charge on any atom is -0.305 e. The zero-order chi connectivity index (χ0) is 21.7. The molecule has 0 radical (unpaired) electrons. The highest BCUT2D eigenvalue weighted by Crippen LogP contribution is 2.28. The molecule has 156 valence electrons. The van der Waals surface area contributed by atoms with Gasteiger partial charge in [0.25, 0.3) is 11.8 Å². The zero-order valence-corrected chi connectivity index (χ0v) is 17.3. The predicted molar refractivity (Wildman–Crippen MR) is 115 cm³/mol. The van der Waals surface area contributed by atoms with E-state index in [1.807, 2.05) is 51.4 Å². The van der Waals surface area contributed by atoms with Crippen molar-refractivity contribution in [2.45, 2.75) is 13.5 Å². The molecule has 0 saturated carbocycles. The van der Waals surface area contributed by atoms with Gasteiger partial charge in [-0.1, -0.05) is 24.3 Å². The van der Waals surface area contributed by atoms with E-state index < -0.39 is 5.91 Å². The minimum absolute atomic E-state index is 0.246. The molecule has 3 rings (SSSR count). The van der Waals surface area contributed by atoms with Crippen LogP contribution in [0.2, 0.25) is 0 Å². The van der Waals surface area contributed by atoms with Gasteiger partial charge in [0.1, 0.15) is 0 Å². The summed E-state index contributed by atoms with van der Waals surface area (Å²) < 4.78 is 0. The lowest BCUT2D eigenvalue weighted by Crippen LogP contribution is -2.31. The molecular formula is C23H25N3O4. The first-order valence-corrected chi connectivity index (χ1v) is 9.63. The monoisotopic (exact) mass is 407 g/mol. The topological polar surface area (TPSA) is 82.1 Å². The molecule has 0 aliphatic rings. The normalized spacial score (nSPS) is 11.0. The van der Waals surface area contributed by atoms with Crippen LogP contribution in [0.3, 0.4) is 0 Å². The van der Waals surface area contributed by atoms with E-state index in [-0.39, 0.29) is 11.5 Å². The Morgan fingerprint density at radius 3 is 2.30 bits per heavy atom. The smallest absolute Gasteiger partial charge is 0.282 e. The van der Waals surface area contributed by atoms with Crippen molar-refractivity contribution in [2.75, 3.05) is 25.8 Å². The summed E-state index contributed by atoms with van der Waals surface area (Å²) in [7, 11) is 3.99. The number of anilines is 1. The summed E-state index contributed by atoms with van der Waals surface area (Å²) in [5.74, 6) is -0.989. The van der Waals surface area contributed by atoms with Crippen LogP contribution in [0.25, 0.3) is 10.8 Å². The van der Waals surface area contributed by atoms with Crippen molar-refractivity contribution in [1.29, 1.82) is 0 Å². The largest absolute Gasteiger partial charge is 0.305 e. The second-order valence-corrected chi connectivity index (χ2v) is 7.10. The van der Waals surface area contributed by atoms with Gasteiger partial charge in [0.2, 0.25) is 0 Å². The Kier molecular flexibility index (Phi) is 6.79. The molecular weight excluding hydrogens is 382 g/mol. The van der Waals surface area contributed by atoms with Crippen LogP contribution >= 0.6 is 0 Å². The van der Waals surface area contributed by atoms with Crippen molar-refractivity contribution < 1.29 is 19.6 Å². The first-order valence-electron chi connectivity index (χ1n) is 9.63. The highest BCUT2D eigenvalue weighted by molar-refractivity contribution is 6.06. The summed E-state index contributed by atoms with van der Waals surface area (Å²) >= 11 is 0. The number of benzene rings is 3. The number of nitrogens with zero attached hydrogens (tertiary/aromatic N) is 2. The van der Waals surface area contributed by atoms with Gasteiger partial charge in [-0.2, -0.15) is 5.06 Å². The lowest BCUT2D eigenvalue weighted by molar-refractivity contribution is 0.0678. The van der Waals surface area contributed by atoms with Crippen molar-refractivity contribution >= 4 is 28.3 Å². The van der Waals surface area contributed by atoms with Gasteiger partial charge in [0.15, 0.2) is 0 Å². The second kappa shape index (κ2) is 9.49. The van der Waals surface area contributed by atoms with Crippen LogP contribution < -0.4 is 10.5 Å². The third-order valence-corrected chi connectivity index (χ3v) is 4.59. The molecule has 0 atom stereocenters. The van der Waals surface area contributed by atoms with E-state index in [0.717, 1.165) is 16.3 Å². The maximum atomic E-state index is 13.2. The number of hydrogen-bond acceptors (Lipinski definition) is 5. The number of fused-ring (bicyclic) bond motifs is 1. The first-order chi connectivity index (χ1) is 14.4. The average Bonchev–Trinajstić information content (AvgIpc) is 2.76. The van der Waals surface area contributed by atoms with Crippen LogP contribution in [0.1, 0.15) is 33.2 Å². The molecule has 0 aromatic heterocycles. The highest BCUT2D eigenvalue weighted by atomic mass is 16.7. The molecule has 7 nitrogen and oxygen atoms in total. The first kappa shape index (κ1) is 21.4. The SMILES string of the molecule is CCON(C(=O)c1ccc(C(=O)NO)cc1)c1cc(CN(C)C)c2ccccc2c1. The molecule has 30 heavy (non-hydrogen) atoms. The lowest BCUT2D eigenvalue weighted by Gasteiger charge is -2.23. The molecule has 0 aliphatic carbocycles. The molecule has 0 aliphatic heterocycles. The van der Waals surface area contributed by atoms with Gasteiger partial charge < -0.3 is 4.90 Å². The predicted octanol–water partition coefficient (Wildman–Crippen LogP) is 3.62. The molecule has 2 N–H and O–H groups in total. The van der Waals surface area contributed by atoms with Gasteiger partial charge in [-0.3, -0.25) is 19.6 Å². The molecule has 0 fully saturated rings. The van der Waals surface area contributed by atoms with Crippen molar-refractivity contribution in [3.63, 3.8) is 0 Å². The Hall–Kier alpha value is -3.26. The zero-order valence-electron chi connectivity index (χ0n) is 17.3. The Morgan fingerprint density at radius 2 is 1.67 bits per heavy atom. The molecule has 7 heteroatoms. The number of hydroxylamine groups is 2. The van der Waals surface area contributed by atoms with Crippen molar-refractivity contribution in [3.05, 3.63) is 77.4 Å². The summed E-state index contributed by atoms with van der Waals surface area (Å²) in [6.45, 7) is 2.84. The average molecular weight is 407 g/mol. The van der Waals surface area contributed by atoms with Gasteiger partial charge in [-0.15, -0.1) is 0 Å². The van der Waals surface area contributed by atoms with E-state index in [0.29, 0.717) is 24.4 Å². The van der Waals surface area contributed by atoms with E-state index in [4.69, 9.17) is 10.0 Å². The second-order valence-electron chi connectivity index (χ2n) is 7.10. The fraction of sp³-hybridized carbons (Fsp3) is 0.217. The molecule has 0 bridgehead atoms. The summed E-state index contributed by atoms with van der Waals surface area (Å²) in [4.78, 5) is 32.5. The maximum Gasteiger partial charge on any atom is 0.282 e. The van der Waals surface area contributed by atoms with Crippen molar-refractivity contribution in [3.8, 4) is 0 Å². The Balaban J connectivity index is 2.02. The Labute approximate surface area is 175 Å². The fourth-order valence-corrected chi connectivity index (χ4v) is 3.29. The minimum atomic E-state index is -0.640. The van der Waals surface area contributed by atoms with Crippen molar-refractivity contribution in [1.82, 2.24) is 10.4 Å². The van der Waals surface area contributed by atoms with E-state index in [1.54, 1.807) is 5.48 Å². The standard InChI is InChI=1S/C23H25N3O4/c1-4-30-26(23(28)17-11-9-16(10-12-17)22(27)24-29)20-13-18-7-5-6-8-21(18)19(14-20)15-25(2)3/h5-14,29H,4,15H2,1-3H3,(H,24,27). The van der Waals surface area contributed by atoms with Crippen LogP contribution in [0.5, 0.6) is 0 Å². The van der Waals surface area contributed by atoms with E-state index in [1.165, 1.54) is 29.3 Å². The fourth-order valence-electron chi connectivity index (χ4n) is 3.29. The molecule has 3 aromatic carbocycles. The quantitative estimate of drug-likeness (QED) is 0.462. The van der Waals surface area contributed by atoms with E-state index in [9.17, 15) is 9.59 Å². The number of hydrogen-bond donors (Lipinski definition) is 2. The van der Waals surface area contributed by atoms with Crippen LogP contribution in [0, 0.1) is 0 Å². The van der Waals surface area contributed by atoms with Crippen molar-refractivity contribution in [2.24, 2.45) is 0 Å². The van der Waals surface area contributed by atoms with Gasteiger partial charge in [-0.25, -0.2) is 5.48 Å². The van der Waals surface area contributed by atoms with Crippen LogP contribution in [-0.4, -0.2) is 42.6 Å². The number of rotatable bonds is 7. The van der Waals surface area contributed by atoms with Gasteiger partial charge in [-0.05, 0) is 73.8 Å². The van der Waals surface area contributed by atoms with E-state index in [2.05, 4.69) is 11.0 Å². The van der Waals surface area contributed by atoms with Crippen LogP contribution in [-0.2, 0) is 11.4 Å². The van der Waals surface area contributed by atoms with Gasteiger partial charge >= 0.3 is 0 Å². The number of nitrogens with one attached hydrogen (secondary N) is 1. The summed E-state index contributed by atoms with van der Waals surface area (Å²) in [5.41, 5.74) is 3.90. The number of amides is 2. The summed E-state index contributed by atoms with van der Waals surface area (Å²) in [5, 5.41) is 12.2. The Morgan fingerprint density at radius 1 is 1.00 bits per heavy atom. The third-order valence-electron chi connectivity index (χ3n) is 4.59. The molecule has 2 amide bonds. The number of carbonyl (C=O) groups excluding carboxylic acids is 2. The highest BCUT2D eigenvalue weighted by Gasteiger charge is 2.21. The molecule has 3 aromatic rings. The summed E-state index contributed by atoms with van der Waals surface area (Å²) in [6, 6.07) is 17.9. The lowest BCUT2D eigenvalue weighted by atomic mass is 10.0. The summed E-state index contributed by atoms with van der Waals surface area (Å²) in [6.07, 6.45) is 0. The van der Waals surface area contributed by atoms with Gasteiger partial charge in [0, 0.05) is 17.7 Å². The molecule has 0 heterocycles. The van der Waals surface area contributed by atoms with Crippen LogP contribution in [0.15, 0.2) is 60.7 Å². The molecule has 0 spiro atoms. The van der Waals surface area contributed by atoms with Gasteiger partial charge in [0.05, 0.1) is 12.3 Å².